The highest BCUT2D eigenvalue weighted by Gasteiger charge is 2.18. The largest absolute Gasteiger partial charge is 0.390 e. The monoisotopic (exact) mass is 236 g/mol. The van der Waals surface area contributed by atoms with Crippen LogP contribution in [0.25, 0.3) is 0 Å². The van der Waals surface area contributed by atoms with E-state index >= 15 is 0 Å². The van der Waals surface area contributed by atoms with E-state index in [-0.39, 0.29) is 6.10 Å². The third kappa shape index (κ3) is 4.14. The van der Waals surface area contributed by atoms with Crippen molar-refractivity contribution in [1.82, 2.24) is 0 Å². The molecule has 0 radical (unpaired) electrons. The molecule has 2 unspecified atom stereocenters. The zero-order chi connectivity index (χ0) is 12.8. The van der Waals surface area contributed by atoms with Gasteiger partial charge in [0.1, 0.15) is 0 Å². The molecule has 1 aromatic carbocycles. The molecule has 0 amide bonds. The summed E-state index contributed by atoms with van der Waals surface area (Å²) in [5.41, 5.74) is 3.69. The first-order valence-corrected chi connectivity index (χ1v) is 6.44. The van der Waals surface area contributed by atoms with Gasteiger partial charge in [0.05, 0.1) is 12.2 Å². The van der Waals surface area contributed by atoms with Crippen molar-refractivity contribution < 1.29 is 9.84 Å². The number of hydrogen-bond acceptors (Lipinski definition) is 2. The molecule has 0 aromatic heterocycles. The number of ether oxygens (including phenoxy) is 1. The molecule has 2 heteroatoms. The van der Waals surface area contributed by atoms with E-state index < -0.39 is 6.10 Å². The summed E-state index contributed by atoms with van der Waals surface area (Å²) in [5, 5.41) is 10.2. The van der Waals surface area contributed by atoms with Crippen LogP contribution in [0.1, 0.15) is 37.0 Å². The van der Waals surface area contributed by atoms with Gasteiger partial charge in [0.2, 0.25) is 0 Å². The smallest absolute Gasteiger partial charge is 0.0842 e. The molecule has 0 aliphatic carbocycles. The van der Waals surface area contributed by atoms with E-state index in [4.69, 9.17) is 4.74 Å². The van der Waals surface area contributed by atoms with Crippen LogP contribution in [0.4, 0.5) is 0 Å². The quantitative estimate of drug-likeness (QED) is 0.822. The SMILES string of the molecule is CCOC(CC)C(O)Cc1cc(C)ccc1C. The first-order valence-electron chi connectivity index (χ1n) is 6.44. The first kappa shape index (κ1) is 14.2. The maximum atomic E-state index is 10.2. The Morgan fingerprint density at radius 2 is 1.94 bits per heavy atom. The normalized spacial score (nSPS) is 14.6. The third-order valence-electron chi connectivity index (χ3n) is 3.15. The van der Waals surface area contributed by atoms with E-state index in [1.54, 1.807) is 0 Å². The summed E-state index contributed by atoms with van der Waals surface area (Å²) < 4.78 is 5.55. The number of hydrogen-bond donors (Lipinski definition) is 1. The van der Waals surface area contributed by atoms with Crippen molar-refractivity contribution >= 4 is 0 Å². The lowest BCUT2D eigenvalue weighted by molar-refractivity contribution is -0.0335. The second-order valence-corrected chi connectivity index (χ2v) is 4.60. The second-order valence-electron chi connectivity index (χ2n) is 4.60. The van der Waals surface area contributed by atoms with Crippen molar-refractivity contribution in [2.75, 3.05) is 6.61 Å². The summed E-state index contributed by atoms with van der Waals surface area (Å²) in [6.45, 7) is 8.83. The van der Waals surface area contributed by atoms with Crippen LogP contribution in [0, 0.1) is 13.8 Å². The van der Waals surface area contributed by atoms with Crippen molar-refractivity contribution in [1.29, 1.82) is 0 Å². The molecule has 2 nitrogen and oxygen atoms in total. The maximum Gasteiger partial charge on any atom is 0.0842 e. The molecule has 0 saturated heterocycles. The fourth-order valence-electron chi connectivity index (χ4n) is 2.09. The third-order valence-corrected chi connectivity index (χ3v) is 3.15. The molecule has 1 N–H and O–H groups in total. The number of aliphatic hydroxyl groups excluding tert-OH is 1. The van der Waals surface area contributed by atoms with E-state index in [1.807, 2.05) is 13.8 Å². The Kier molecular flexibility index (Phi) is 5.66. The molecule has 0 fully saturated rings. The molecule has 17 heavy (non-hydrogen) atoms. The summed E-state index contributed by atoms with van der Waals surface area (Å²) in [6.07, 6.45) is 1.05. The van der Waals surface area contributed by atoms with Crippen molar-refractivity contribution in [2.45, 2.75) is 52.7 Å². The van der Waals surface area contributed by atoms with Crippen LogP contribution >= 0.6 is 0 Å². The highest BCUT2D eigenvalue weighted by atomic mass is 16.5. The Hall–Kier alpha value is -0.860. The molecule has 0 saturated carbocycles. The lowest BCUT2D eigenvalue weighted by Crippen LogP contribution is -2.30. The van der Waals surface area contributed by atoms with Gasteiger partial charge in [0.25, 0.3) is 0 Å². The van der Waals surface area contributed by atoms with Crippen LogP contribution in [-0.4, -0.2) is 23.9 Å². The van der Waals surface area contributed by atoms with Gasteiger partial charge in [-0.1, -0.05) is 30.7 Å². The topological polar surface area (TPSA) is 29.5 Å². The van der Waals surface area contributed by atoms with Gasteiger partial charge in [0.15, 0.2) is 0 Å². The fraction of sp³-hybridized carbons (Fsp3) is 0.600. The summed E-state index contributed by atoms with van der Waals surface area (Å²) in [6, 6.07) is 6.36. The Morgan fingerprint density at radius 1 is 1.24 bits per heavy atom. The predicted octanol–water partition coefficient (Wildman–Crippen LogP) is 3.02. The lowest BCUT2D eigenvalue weighted by Gasteiger charge is -2.22. The molecular weight excluding hydrogens is 212 g/mol. The average molecular weight is 236 g/mol. The molecule has 0 heterocycles. The standard InChI is InChI=1S/C15H24O2/c1-5-15(17-6-2)14(16)10-13-9-11(3)7-8-12(13)4/h7-9,14-16H,5-6,10H2,1-4H3. The molecule has 2 atom stereocenters. The molecule has 0 spiro atoms. The number of aryl methyl sites for hydroxylation is 2. The minimum absolute atomic E-state index is 0.0556. The van der Waals surface area contributed by atoms with Gasteiger partial charge in [-0.05, 0) is 38.3 Å². The molecule has 0 aliphatic heterocycles. The summed E-state index contributed by atoms with van der Waals surface area (Å²) in [4.78, 5) is 0. The highest BCUT2D eigenvalue weighted by molar-refractivity contribution is 5.31. The van der Waals surface area contributed by atoms with Gasteiger partial charge in [-0.25, -0.2) is 0 Å². The van der Waals surface area contributed by atoms with Crippen LogP contribution in [-0.2, 0) is 11.2 Å². The van der Waals surface area contributed by atoms with E-state index in [2.05, 4.69) is 32.0 Å². The van der Waals surface area contributed by atoms with Gasteiger partial charge in [-0.2, -0.15) is 0 Å². The van der Waals surface area contributed by atoms with Crippen LogP contribution in [0.3, 0.4) is 0 Å². The summed E-state index contributed by atoms with van der Waals surface area (Å²) in [5.74, 6) is 0. The van der Waals surface area contributed by atoms with Gasteiger partial charge in [0, 0.05) is 13.0 Å². The van der Waals surface area contributed by atoms with Gasteiger partial charge in [-0.15, -0.1) is 0 Å². The summed E-state index contributed by atoms with van der Waals surface area (Å²) in [7, 11) is 0. The minimum atomic E-state index is -0.416. The van der Waals surface area contributed by atoms with Gasteiger partial charge in [-0.3, -0.25) is 0 Å². The maximum absolute atomic E-state index is 10.2. The highest BCUT2D eigenvalue weighted by Crippen LogP contribution is 2.16. The predicted molar refractivity (Wildman–Crippen MR) is 71.3 cm³/mol. The van der Waals surface area contributed by atoms with Crippen LogP contribution in [0.2, 0.25) is 0 Å². The molecule has 0 aliphatic rings. The fourth-order valence-corrected chi connectivity index (χ4v) is 2.09. The number of aliphatic hydroxyl groups is 1. The van der Waals surface area contributed by atoms with Crippen LogP contribution in [0.5, 0.6) is 0 Å². The van der Waals surface area contributed by atoms with Crippen molar-refractivity contribution in [3.05, 3.63) is 34.9 Å². The van der Waals surface area contributed by atoms with Gasteiger partial charge >= 0.3 is 0 Å². The average Bonchev–Trinajstić information content (AvgIpc) is 2.30. The van der Waals surface area contributed by atoms with E-state index in [0.29, 0.717) is 13.0 Å². The number of benzene rings is 1. The zero-order valence-corrected chi connectivity index (χ0v) is 11.4. The Bertz CT molecular complexity index is 347. The van der Waals surface area contributed by atoms with Crippen LogP contribution < -0.4 is 0 Å². The zero-order valence-electron chi connectivity index (χ0n) is 11.4. The molecule has 96 valence electrons. The van der Waals surface area contributed by atoms with E-state index in [9.17, 15) is 5.11 Å². The van der Waals surface area contributed by atoms with E-state index in [1.165, 1.54) is 16.7 Å². The first-order chi connectivity index (χ1) is 8.08. The second kappa shape index (κ2) is 6.77. The molecular formula is C15H24O2. The Labute approximate surface area is 105 Å². The summed E-state index contributed by atoms with van der Waals surface area (Å²) >= 11 is 0. The van der Waals surface area contributed by atoms with Gasteiger partial charge < -0.3 is 9.84 Å². The van der Waals surface area contributed by atoms with E-state index in [0.717, 1.165) is 6.42 Å². The Balaban J connectivity index is 2.72. The van der Waals surface area contributed by atoms with Crippen molar-refractivity contribution in [3.8, 4) is 0 Å². The molecule has 1 aromatic rings. The van der Waals surface area contributed by atoms with Crippen molar-refractivity contribution in [2.24, 2.45) is 0 Å². The minimum Gasteiger partial charge on any atom is -0.390 e. The Morgan fingerprint density at radius 3 is 2.53 bits per heavy atom. The lowest BCUT2D eigenvalue weighted by atomic mass is 9.97. The molecule has 1 rings (SSSR count). The van der Waals surface area contributed by atoms with Crippen molar-refractivity contribution in [3.63, 3.8) is 0 Å². The number of rotatable bonds is 6. The van der Waals surface area contributed by atoms with Crippen LogP contribution in [0.15, 0.2) is 18.2 Å². The molecule has 0 bridgehead atoms.